The Labute approximate surface area is 145 Å². The Balaban J connectivity index is 1.63. The quantitative estimate of drug-likeness (QED) is 0.848. The Morgan fingerprint density at radius 3 is 2.60 bits per heavy atom. The molecule has 0 N–H and O–H groups in total. The summed E-state index contributed by atoms with van der Waals surface area (Å²) < 4.78 is 33.0. The first-order valence-electron chi connectivity index (χ1n) is 7.50. The van der Waals surface area contributed by atoms with Crippen LogP contribution in [0.3, 0.4) is 0 Å². The van der Waals surface area contributed by atoms with Gasteiger partial charge in [-0.1, -0.05) is 18.2 Å². The number of pyridine rings is 1. The molecule has 2 aromatic rings. The van der Waals surface area contributed by atoms with Gasteiger partial charge in [-0.25, -0.2) is 4.98 Å². The van der Waals surface area contributed by atoms with E-state index < -0.39 is 10.0 Å². The van der Waals surface area contributed by atoms with Gasteiger partial charge in [-0.3, -0.25) is 0 Å². The summed E-state index contributed by atoms with van der Waals surface area (Å²) in [4.78, 5) is 5.79. The summed E-state index contributed by atoms with van der Waals surface area (Å²) >= 11 is 0. The fourth-order valence-corrected chi connectivity index (χ4v) is 3.26. The van der Waals surface area contributed by atoms with Crippen LogP contribution in [-0.2, 0) is 10.0 Å². The third-order valence-electron chi connectivity index (χ3n) is 3.63. The topological polar surface area (TPSA) is 71.9 Å². The lowest BCUT2D eigenvalue weighted by molar-refractivity contribution is 0.463. The zero-order valence-electron chi connectivity index (χ0n) is 13.0. The van der Waals surface area contributed by atoms with Crippen molar-refractivity contribution < 1.29 is 13.2 Å². The summed E-state index contributed by atoms with van der Waals surface area (Å²) in [5, 5.41) is 1.08. The van der Waals surface area contributed by atoms with Crippen molar-refractivity contribution in [1.82, 2.24) is 9.88 Å². The molecule has 0 saturated carbocycles. The third-order valence-corrected chi connectivity index (χ3v) is 4.52. The predicted octanol–water partition coefficient (Wildman–Crippen LogP) is 3.30. The second kappa shape index (κ2) is 6.03. The van der Waals surface area contributed by atoms with Crippen LogP contribution < -0.4 is 4.74 Å². The molecule has 0 aliphatic carbocycles. The largest absolute Gasteiger partial charge is 0.439 e. The Kier molecular flexibility index (Phi) is 3.70. The molecule has 1 aromatic heterocycles. The van der Waals surface area contributed by atoms with Gasteiger partial charge in [0.1, 0.15) is 5.75 Å². The number of ether oxygens (including phenoxy) is 1. The Morgan fingerprint density at radius 1 is 1.00 bits per heavy atom. The van der Waals surface area contributed by atoms with E-state index in [4.69, 9.17) is 4.74 Å². The Hall–Kier alpha value is -3.19. The molecule has 0 unspecified atom stereocenters. The van der Waals surface area contributed by atoms with Crippen LogP contribution in [-0.4, -0.2) is 24.1 Å². The van der Waals surface area contributed by atoms with Gasteiger partial charge in [0.15, 0.2) is 5.84 Å². The van der Waals surface area contributed by atoms with Crippen molar-refractivity contribution in [3.05, 3.63) is 84.2 Å². The molecule has 4 rings (SSSR count). The smallest absolute Gasteiger partial charge is 0.278 e. The van der Waals surface area contributed by atoms with E-state index in [-0.39, 0.29) is 0 Å². The van der Waals surface area contributed by atoms with Gasteiger partial charge in [-0.2, -0.15) is 8.42 Å². The van der Waals surface area contributed by atoms with Crippen molar-refractivity contribution in [2.75, 3.05) is 0 Å². The molecule has 0 fully saturated rings. The van der Waals surface area contributed by atoms with Crippen molar-refractivity contribution in [3.63, 3.8) is 0 Å². The number of sulfonamides is 1. The van der Waals surface area contributed by atoms with Crippen LogP contribution in [0.25, 0.3) is 5.57 Å². The highest BCUT2D eigenvalue weighted by molar-refractivity contribution is 7.93. The highest BCUT2D eigenvalue weighted by atomic mass is 32.2. The van der Waals surface area contributed by atoms with Gasteiger partial charge < -0.3 is 9.64 Å². The molecule has 0 radical (unpaired) electrons. The standard InChI is InChI=1S/C18H13N3O3S/c22-25(23)13-12-21-11-3-4-16(18(21)20-25)14-6-8-15(9-7-14)24-17-5-1-2-10-19-17/h1-13H. The van der Waals surface area contributed by atoms with Crippen LogP contribution in [0.1, 0.15) is 5.56 Å². The van der Waals surface area contributed by atoms with Crippen LogP contribution in [0.5, 0.6) is 11.6 Å². The van der Waals surface area contributed by atoms with Crippen LogP contribution in [0.2, 0.25) is 0 Å². The SMILES string of the molecule is O=S1(=O)C=CN2C=CC=C(c3ccc(Oc4ccccn4)cc3)C2=N1. The van der Waals surface area contributed by atoms with Crippen LogP contribution in [0.15, 0.2) is 83.0 Å². The lowest BCUT2D eigenvalue weighted by Crippen LogP contribution is -2.27. The zero-order valence-corrected chi connectivity index (χ0v) is 13.8. The van der Waals surface area contributed by atoms with Crippen LogP contribution in [0, 0.1) is 0 Å². The summed E-state index contributed by atoms with van der Waals surface area (Å²) in [6.45, 7) is 0. The molecule has 0 amide bonds. The number of benzene rings is 1. The molecular formula is C18H13N3O3S. The van der Waals surface area contributed by atoms with Crippen molar-refractivity contribution in [2.24, 2.45) is 4.40 Å². The number of hydrogen-bond acceptors (Lipinski definition) is 5. The molecule has 0 saturated heterocycles. The summed E-state index contributed by atoms with van der Waals surface area (Å²) in [5.41, 5.74) is 1.56. The number of fused-ring (bicyclic) bond motifs is 1. The lowest BCUT2D eigenvalue weighted by Gasteiger charge is -2.25. The molecule has 7 heteroatoms. The highest BCUT2D eigenvalue weighted by Gasteiger charge is 2.23. The van der Waals surface area contributed by atoms with Crippen molar-refractivity contribution in [2.45, 2.75) is 0 Å². The molecular weight excluding hydrogens is 338 g/mol. The average Bonchev–Trinajstić information content (AvgIpc) is 2.62. The fraction of sp³-hybridized carbons (Fsp3) is 0. The van der Waals surface area contributed by atoms with Crippen LogP contribution >= 0.6 is 0 Å². The molecule has 25 heavy (non-hydrogen) atoms. The van der Waals surface area contributed by atoms with Gasteiger partial charge in [-0.15, -0.1) is 4.40 Å². The maximum absolute atomic E-state index is 11.8. The van der Waals surface area contributed by atoms with E-state index in [1.165, 1.54) is 6.20 Å². The van der Waals surface area contributed by atoms with Gasteiger partial charge in [0.05, 0.1) is 5.41 Å². The Morgan fingerprint density at radius 2 is 1.84 bits per heavy atom. The van der Waals surface area contributed by atoms with E-state index in [9.17, 15) is 8.42 Å². The van der Waals surface area contributed by atoms with E-state index in [0.717, 1.165) is 16.5 Å². The first kappa shape index (κ1) is 15.3. The van der Waals surface area contributed by atoms with Gasteiger partial charge in [0.25, 0.3) is 10.0 Å². The third kappa shape index (κ3) is 3.22. The second-order valence-corrected chi connectivity index (χ2v) is 6.82. The maximum atomic E-state index is 11.8. The molecule has 1 aromatic carbocycles. The lowest BCUT2D eigenvalue weighted by atomic mass is 10.0. The van der Waals surface area contributed by atoms with Crippen LogP contribution in [0.4, 0.5) is 0 Å². The summed E-state index contributed by atoms with van der Waals surface area (Å²) in [7, 11) is -3.58. The van der Waals surface area contributed by atoms with Gasteiger partial charge >= 0.3 is 0 Å². The zero-order chi connectivity index (χ0) is 17.3. The first-order chi connectivity index (χ1) is 12.1. The van der Waals surface area contributed by atoms with E-state index >= 15 is 0 Å². The first-order valence-corrected chi connectivity index (χ1v) is 9.01. The monoisotopic (exact) mass is 351 g/mol. The minimum absolute atomic E-state index is 0.378. The Bertz CT molecular complexity index is 1020. The summed E-state index contributed by atoms with van der Waals surface area (Å²) in [6, 6.07) is 12.8. The molecule has 2 aliphatic heterocycles. The summed E-state index contributed by atoms with van der Waals surface area (Å²) in [5.74, 6) is 1.53. The maximum Gasteiger partial charge on any atom is 0.278 e. The fourth-order valence-electron chi connectivity index (χ4n) is 2.48. The number of aromatic nitrogens is 1. The number of amidine groups is 1. The minimum atomic E-state index is -3.58. The van der Waals surface area contributed by atoms with E-state index in [0.29, 0.717) is 17.5 Å². The van der Waals surface area contributed by atoms with Crippen molar-refractivity contribution in [3.8, 4) is 11.6 Å². The van der Waals surface area contributed by atoms with Gasteiger partial charge in [-0.05, 0) is 35.9 Å². The number of allylic oxidation sites excluding steroid dienone is 2. The van der Waals surface area contributed by atoms with E-state index in [1.807, 2.05) is 36.4 Å². The molecule has 3 heterocycles. The number of hydrogen-bond donors (Lipinski definition) is 0. The average molecular weight is 351 g/mol. The van der Waals surface area contributed by atoms with Gasteiger partial charge in [0.2, 0.25) is 5.88 Å². The highest BCUT2D eigenvalue weighted by Crippen LogP contribution is 2.28. The van der Waals surface area contributed by atoms with Gasteiger partial charge in [0, 0.05) is 30.2 Å². The number of nitrogens with zero attached hydrogens (tertiary/aromatic N) is 3. The van der Waals surface area contributed by atoms with E-state index in [2.05, 4.69) is 9.38 Å². The molecule has 6 nitrogen and oxygen atoms in total. The normalized spacial score (nSPS) is 17.5. The molecule has 124 valence electrons. The van der Waals surface area contributed by atoms with Crippen molar-refractivity contribution in [1.29, 1.82) is 0 Å². The molecule has 0 atom stereocenters. The molecule has 2 aliphatic rings. The minimum Gasteiger partial charge on any atom is -0.439 e. The molecule has 0 spiro atoms. The van der Waals surface area contributed by atoms with E-state index in [1.54, 1.807) is 35.5 Å². The molecule has 0 bridgehead atoms. The second-order valence-electron chi connectivity index (χ2n) is 5.34. The predicted molar refractivity (Wildman–Crippen MR) is 95.2 cm³/mol. The summed E-state index contributed by atoms with van der Waals surface area (Å²) in [6.07, 6.45) is 8.58. The van der Waals surface area contributed by atoms with Crippen molar-refractivity contribution >= 4 is 21.4 Å². The number of rotatable bonds is 3.